The standard InChI is InChI=1S/C25H15FN2O5/c26-14-7-5-13(6-8-14)19-11-28-20(33-19)12-32-25(31)18-10-9-17-21(22(18)27)24(30)16-4-2-1-3-15(16)23(17)29/h1-11H,12,27H2. The van der Waals surface area contributed by atoms with Crippen LogP contribution in [0.3, 0.4) is 0 Å². The number of rotatable bonds is 4. The Morgan fingerprint density at radius 2 is 1.64 bits per heavy atom. The first-order chi connectivity index (χ1) is 15.9. The highest BCUT2D eigenvalue weighted by atomic mass is 19.1. The largest absolute Gasteiger partial charge is 0.452 e. The van der Waals surface area contributed by atoms with Crippen LogP contribution in [0.15, 0.2) is 71.3 Å². The highest BCUT2D eigenvalue weighted by Gasteiger charge is 2.33. The van der Waals surface area contributed by atoms with E-state index < -0.39 is 11.8 Å². The van der Waals surface area contributed by atoms with Crippen molar-refractivity contribution in [1.82, 2.24) is 4.98 Å². The summed E-state index contributed by atoms with van der Waals surface area (Å²) in [6.07, 6.45) is 1.44. The van der Waals surface area contributed by atoms with E-state index in [1.54, 1.807) is 24.3 Å². The summed E-state index contributed by atoms with van der Waals surface area (Å²) in [4.78, 5) is 42.4. The maximum absolute atomic E-state index is 13.1. The molecule has 3 aromatic carbocycles. The van der Waals surface area contributed by atoms with Gasteiger partial charge in [0.25, 0.3) is 0 Å². The lowest BCUT2D eigenvalue weighted by molar-refractivity contribution is 0.0440. The zero-order valence-corrected chi connectivity index (χ0v) is 17.0. The Kier molecular flexibility index (Phi) is 4.82. The van der Waals surface area contributed by atoms with E-state index in [1.165, 1.54) is 42.6 Å². The van der Waals surface area contributed by atoms with Gasteiger partial charge < -0.3 is 14.9 Å². The molecule has 1 aliphatic carbocycles. The van der Waals surface area contributed by atoms with Crippen LogP contribution in [0.2, 0.25) is 0 Å². The molecule has 162 valence electrons. The average molecular weight is 442 g/mol. The normalized spacial score (nSPS) is 12.3. The van der Waals surface area contributed by atoms with E-state index in [2.05, 4.69) is 4.98 Å². The summed E-state index contributed by atoms with van der Waals surface area (Å²) >= 11 is 0. The molecule has 4 aromatic rings. The summed E-state index contributed by atoms with van der Waals surface area (Å²) in [5, 5.41) is 0. The molecule has 0 fully saturated rings. The van der Waals surface area contributed by atoms with Crippen LogP contribution in [-0.2, 0) is 11.3 Å². The number of esters is 1. The van der Waals surface area contributed by atoms with Crippen molar-refractivity contribution >= 4 is 23.2 Å². The molecular formula is C25H15FN2O5. The molecule has 0 radical (unpaired) electrons. The second-order valence-corrected chi connectivity index (χ2v) is 7.35. The Morgan fingerprint density at radius 1 is 0.939 bits per heavy atom. The number of ketones is 2. The van der Waals surface area contributed by atoms with Gasteiger partial charge >= 0.3 is 5.97 Å². The van der Waals surface area contributed by atoms with E-state index in [0.29, 0.717) is 16.9 Å². The van der Waals surface area contributed by atoms with Crippen LogP contribution in [0.1, 0.15) is 48.1 Å². The van der Waals surface area contributed by atoms with Crippen LogP contribution in [0, 0.1) is 5.82 Å². The quantitative estimate of drug-likeness (QED) is 0.328. The summed E-state index contributed by atoms with van der Waals surface area (Å²) in [5.41, 5.74) is 7.25. The van der Waals surface area contributed by atoms with Crippen molar-refractivity contribution in [3.8, 4) is 11.3 Å². The number of nitrogen functional groups attached to an aromatic ring is 1. The third-order valence-electron chi connectivity index (χ3n) is 5.36. The number of benzene rings is 3. The second-order valence-electron chi connectivity index (χ2n) is 7.35. The molecule has 0 aliphatic heterocycles. The van der Waals surface area contributed by atoms with Crippen molar-refractivity contribution in [2.45, 2.75) is 6.61 Å². The molecule has 8 heteroatoms. The van der Waals surface area contributed by atoms with Gasteiger partial charge in [0.2, 0.25) is 5.89 Å². The van der Waals surface area contributed by atoms with Crippen molar-refractivity contribution in [3.05, 3.63) is 106 Å². The van der Waals surface area contributed by atoms with Crippen LogP contribution < -0.4 is 5.73 Å². The third kappa shape index (κ3) is 3.47. The summed E-state index contributed by atoms with van der Waals surface area (Å²) < 4.78 is 23.9. The Bertz CT molecular complexity index is 1440. The monoisotopic (exact) mass is 442 g/mol. The Balaban J connectivity index is 1.37. The van der Waals surface area contributed by atoms with Gasteiger partial charge in [-0.1, -0.05) is 24.3 Å². The SMILES string of the molecule is Nc1c(C(=O)OCc2ncc(-c3ccc(F)cc3)o2)ccc2c1C(=O)c1ccccc1C2=O. The van der Waals surface area contributed by atoms with Crippen molar-refractivity contribution in [2.24, 2.45) is 0 Å². The Hall–Kier alpha value is -4.59. The first kappa shape index (κ1) is 20.3. The third-order valence-corrected chi connectivity index (χ3v) is 5.36. The molecule has 0 saturated heterocycles. The number of halogens is 1. The van der Waals surface area contributed by atoms with Gasteiger partial charge in [-0.2, -0.15) is 0 Å². The van der Waals surface area contributed by atoms with E-state index in [0.717, 1.165) is 0 Å². The molecule has 33 heavy (non-hydrogen) atoms. The zero-order valence-electron chi connectivity index (χ0n) is 17.0. The number of anilines is 1. The van der Waals surface area contributed by atoms with E-state index in [4.69, 9.17) is 14.9 Å². The Morgan fingerprint density at radius 3 is 2.36 bits per heavy atom. The average Bonchev–Trinajstić information content (AvgIpc) is 3.30. The molecule has 1 aliphatic rings. The van der Waals surface area contributed by atoms with Gasteiger partial charge in [0.15, 0.2) is 23.9 Å². The maximum atomic E-state index is 13.1. The van der Waals surface area contributed by atoms with Crippen LogP contribution >= 0.6 is 0 Å². The smallest absolute Gasteiger partial charge is 0.340 e. The van der Waals surface area contributed by atoms with Gasteiger partial charge in [-0.05, 0) is 36.4 Å². The van der Waals surface area contributed by atoms with Crippen LogP contribution in [0.5, 0.6) is 0 Å². The number of fused-ring (bicyclic) bond motifs is 2. The molecular weight excluding hydrogens is 427 g/mol. The van der Waals surface area contributed by atoms with Crippen molar-refractivity contribution < 1.29 is 27.9 Å². The highest BCUT2D eigenvalue weighted by molar-refractivity contribution is 6.30. The molecule has 1 aromatic heterocycles. The van der Waals surface area contributed by atoms with E-state index in [-0.39, 0.29) is 52.0 Å². The number of hydrogen-bond acceptors (Lipinski definition) is 7. The summed E-state index contributed by atoms with van der Waals surface area (Å²) in [6.45, 7) is -0.285. The number of aromatic nitrogens is 1. The number of nitrogens with two attached hydrogens (primary N) is 1. The molecule has 0 amide bonds. The van der Waals surface area contributed by atoms with E-state index >= 15 is 0 Å². The second kappa shape index (κ2) is 7.83. The number of nitrogens with zero attached hydrogens (tertiary/aromatic N) is 1. The first-order valence-corrected chi connectivity index (χ1v) is 9.92. The van der Waals surface area contributed by atoms with Gasteiger partial charge in [0, 0.05) is 22.3 Å². The van der Waals surface area contributed by atoms with Crippen molar-refractivity contribution in [3.63, 3.8) is 0 Å². The summed E-state index contributed by atoms with van der Waals surface area (Å²) in [5.74, 6) is -1.42. The van der Waals surface area contributed by atoms with Crippen LogP contribution in [0.25, 0.3) is 11.3 Å². The van der Waals surface area contributed by atoms with Crippen LogP contribution in [0.4, 0.5) is 10.1 Å². The molecule has 7 nitrogen and oxygen atoms in total. The predicted molar refractivity (Wildman–Crippen MR) is 115 cm³/mol. The van der Waals surface area contributed by atoms with Crippen molar-refractivity contribution in [1.29, 1.82) is 0 Å². The number of hydrogen-bond donors (Lipinski definition) is 1. The zero-order chi connectivity index (χ0) is 23.1. The molecule has 0 atom stereocenters. The summed E-state index contributed by atoms with van der Waals surface area (Å²) in [6, 6.07) is 14.9. The van der Waals surface area contributed by atoms with Gasteiger partial charge in [-0.25, -0.2) is 14.2 Å². The summed E-state index contributed by atoms with van der Waals surface area (Å²) in [7, 11) is 0. The molecule has 0 saturated carbocycles. The fraction of sp³-hybridized carbons (Fsp3) is 0.0400. The van der Waals surface area contributed by atoms with Crippen molar-refractivity contribution in [2.75, 3.05) is 5.73 Å². The fourth-order valence-corrected chi connectivity index (χ4v) is 3.72. The molecule has 0 bridgehead atoms. The minimum atomic E-state index is -0.795. The molecule has 0 unspecified atom stereocenters. The molecule has 1 heterocycles. The van der Waals surface area contributed by atoms with Gasteiger partial charge in [0.1, 0.15) is 5.82 Å². The minimum absolute atomic E-state index is 0.0112. The molecule has 2 N–H and O–H groups in total. The maximum Gasteiger partial charge on any atom is 0.340 e. The number of carbonyl (C=O) groups is 3. The lowest BCUT2D eigenvalue weighted by Gasteiger charge is -2.20. The predicted octanol–water partition coefficient (Wildman–Crippen LogP) is 4.20. The number of ether oxygens (including phenoxy) is 1. The number of oxazole rings is 1. The van der Waals surface area contributed by atoms with Crippen LogP contribution in [-0.4, -0.2) is 22.5 Å². The fourth-order valence-electron chi connectivity index (χ4n) is 3.72. The topological polar surface area (TPSA) is 112 Å². The van der Waals surface area contributed by atoms with E-state index in [1.807, 2.05) is 0 Å². The lowest BCUT2D eigenvalue weighted by atomic mass is 9.82. The highest BCUT2D eigenvalue weighted by Crippen LogP contribution is 2.33. The first-order valence-electron chi connectivity index (χ1n) is 9.92. The van der Waals surface area contributed by atoms with Gasteiger partial charge in [0.05, 0.1) is 23.0 Å². The number of carbonyl (C=O) groups excluding carboxylic acids is 3. The Labute approximate surface area is 186 Å². The minimum Gasteiger partial charge on any atom is -0.452 e. The van der Waals surface area contributed by atoms with Gasteiger partial charge in [-0.15, -0.1) is 0 Å². The lowest BCUT2D eigenvalue weighted by Crippen LogP contribution is -2.24. The molecule has 0 spiro atoms. The van der Waals surface area contributed by atoms with Gasteiger partial charge in [-0.3, -0.25) is 9.59 Å². The molecule has 5 rings (SSSR count). The van der Waals surface area contributed by atoms with E-state index in [9.17, 15) is 18.8 Å².